The van der Waals surface area contributed by atoms with Crippen molar-refractivity contribution < 1.29 is 18.3 Å². The Kier molecular flexibility index (Phi) is 5.34. The molecule has 1 heterocycles. The largest absolute Gasteiger partial charge is 0.435 e. The zero-order valence-corrected chi connectivity index (χ0v) is 15.0. The molecule has 0 aliphatic carbocycles. The summed E-state index contributed by atoms with van der Waals surface area (Å²) in [4.78, 5) is 15.5. The third-order valence-electron chi connectivity index (χ3n) is 3.88. The Balaban J connectivity index is 1.76. The Morgan fingerprint density at radius 1 is 1.15 bits per heavy atom. The van der Waals surface area contributed by atoms with Crippen LogP contribution in [0.3, 0.4) is 0 Å². The van der Waals surface area contributed by atoms with E-state index >= 15 is 0 Å². The van der Waals surface area contributed by atoms with Crippen LogP contribution in [0.4, 0.5) is 8.78 Å². The molecule has 3 aromatic rings. The third-order valence-corrected chi connectivity index (χ3v) is 4.50. The van der Waals surface area contributed by atoms with Crippen LogP contribution in [-0.4, -0.2) is 17.5 Å². The lowest BCUT2D eigenvalue weighted by molar-refractivity contribution is -0.0498. The molecule has 0 saturated heterocycles. The number of amides is 1. The first-order chi connectivity index (χ1) is 12.3. The van der Waals surface area contributed by atoms with E-state index in [1.807, 2.05) is 0 Å². The van der Waals surface area contributed by atoms with E-state index in [0.717, 1.165) is 5.56 Å². The Morgan fingerprint density at radius 3 is 2.50 bits per heavy atom. The fraction of sp³-hybridized carbons (Fsp3) is 0.167. The van der Waals surface area contributed by atoms with Crippen molar-refractivity contribution in [3.8, 4) is 5.75 Å². The first-order valence-corrected chi connectivity index (χ1v) is 8.43. The third kappa shape index (κ3) is 3.92. The van der Waals surface area contributed by atoms with Gasteiger partial charge in [-0.25, -0.2) is 0 Å². The molecule has 1 unspecified atom stereocenters. The van der Waals surface area contributed by atoms with Gasteiger partial charge in [-0.3, -0.25) is 4.79 Å². The fourth-order valence-corrected chi connectivity index (χ4v) is 3.04. The van der Waals surface area contributed by atoms with Gasteiger partial charge in [0.25, 0.3) is 5.91 Å². The molecule has 2 aromatic carbocycles. The molecule has 0 fully saturated rings. The van der Waals surface area contributed by atoms with Crippen molar-refractivity contribution in [3.05, 3.63) is 63.8 Å². The van der Waals surface area contributed by atoms with Crippen LogP contribution in [0, 0.1) is 0 Å². The Hall–Kier alpha value is -2.31. The number of halogens is 4. The number of benzene rings is 2. The van der Waals surface area contributed by atoms with Crippen LogP contribution in [0.25, 0.3) is 10.9 Å². The van der Waals surface area contributed by atoms with Gasteiger partial charge in [-0.15, -0.1) is 0 Å². The summed E-state index contributed by atoms with van der Waals surface area (Å²) in [6, 6.07) is 10.8. The van der Waals surface area contributed by atoms with Crippen LogP contribution in [0.2, 0.25) is 10.0 Å². The topological polar surface area (TPSA) is 54.1 Å². The fourth-order valence-electron chi connectivity index (χ4n) is 2.58. The zero-order chi connectivity index (χ0) is 18.8. The van der Waals surface area contributed by atoms with Crippen LogP contribution in [0.1, 0.15) is 29.0 Å². The number of aromatic amines is 1. The molecule has 0 aliphatic heterocycles. The SMILES string of the molecule is CC(NC(=O)c1[nH]c2ccc(Cl)cc2c1Cl)c1ccc(OC(F)F)cc1. The molecule has 8 heteroatoms. The molecule has 1 aromatic heterocycles. The van der Waals surface area contributed by atoms with Crippen LogP contribution >= 0.6 is 23.2 Å². The van der Waals surface area contributed by atoms with Gasteiger partial charge in [0, 0.05) is 15.9 Å². The molecule has 0 radical (unpaired) electrons. The summed E-state index contributed by atoms with van der Waals surface area (Å²) in [5.41, 5.74) is 1.66. The van der Waals surface area contributed by atoms with Gasteiger partial charge >= 0.3 is 6.61 Å². The van der Waals surface area contributed by atoms with E-state index in [2.05, 4.69) is 15.0 Å². The van der Waals surface area contributed by atoms with Crippen LogP contribution in [0.5, 0.6) is 5.75 Å². The van der Waals surface area contributed by atoms with Crippen LogP contribution in [0.15, 0.2) is 42.5 Å². The summed E-state index contributed by atoms with van der Waals surface area (Å²) < 4.78 is 28.7. The van der Waals surface area contributed by atoms with Crippen molar-refractivity contribution in [2.75, 3.05) is 0 Å². The molecule has 1 atom stereocenters. The summed E-state index contributed by atoms with van der Waals surface area (Å²) in [6.45, 7) is -1.11. The molecular formula is C18H14Cl2F2N2O2. The zero-order valence-electron chi connectivity index (χ0n) is 13.5. The van der Waals surface area contributed by atoms with Gasteiger partial charge in [0.2, 0.25) is 0 Å². The highest BCUT2D eigenvalue weighted by Crippen LogP contribution is 2.30. The van der Waals surface area contributed by atoms with E-state index in [0.29, 0.717) is 15.9 Å². The second-order valence-electron chi connectivity index (χ2n) is 5.65. The summed E-state index contributed by atoms with van der Waals surface area (Å²) in [5.74, 6) is -0.333. The number of alkyl halides is 2. The minimum Gasteiger partial charge on any atom is -0.435 e. The number of aromatic nitrogens is 1. The molecule has 136 valence electrons. The van der Waals surface area contributed by atoms with Crippen LogP contribution < -0.4 is 10.1 Å². The van der Waals surface area contributed by atoms with Crippen LogP contribution in [-0.2, 0) is 0 Å². The number of carbonyl (C=O) groups excluding carboxylic acids is 1. The van der Waals surface area contributed by atoms with Crippen molar-refractivity contribution in [3.63, 3.8) is 0 Å². The number of carbonyl (C=O) groups is 1. The van der Waals surface area contributed by atoms with Gasteiger partial charge in [0.1, 0.15) is 11.4 Å². The lowest BCUT2D eigenvalue weighted by Gasteiger charge is -2.14. The maximum absolute atomic E-state index is 12.5. The second-order valence-corrected chi connectivity index (χ2v) is 6.46. The van der Waals surface area contributed by atoms with Crippen molar-refractivity contribution in [2.45, 2.75) is 19.6 Å². The molecular weight excluding hydrogens is 385 g/mol. The Labute approximate surface area is 158 Å². The van der Waals surface area contributed by atoms with E-state index in [-0.39, 0.29) is 28.4 Å². The smallest absolute Gasteiger partial charge is 0.387 e. The average Bonchev–Trinajstić information content (AvgIpc) is 2.91. The summed E-state index contributed by atoms with van der Waals surface area (Å²) in [6.07, 6.45) is 0. The lowest BCUT2D eigenvalue weighted by atomic mass is 10.1. The molecule has 0 bridgehead atoms. The number of rotatable bonds is 5. The highest BCUT2D eigenvalue weighted by molar-refractivity contribution is 6.39. The minimum atomic E-state index is -2.88. The highest BCUT2D eigenvalue weighted by atomic mass is 35.5. The minimum absolute atomic E-state index is 0.0535. The number of H-pyrrole nitrogens is 1. The van der Waals surface area contributed by atoms with Gasteiger partial charge in [-0.05, 0) is 42.8 Å². The van der Waals surface area contributed by atoms with Gasteiger partial charge in [0.05, 0.1) is 11.1 Å². The summed E-state index contributed by atoms with van der Waals surface area (Å²) >= 11 is 12.2. The molecule has 0 spiro atoms. The average molecular weight is 399 g/mol. The maximum Gasteiger partial charge on any atom is 0.387 e. The number of fused-ring (bicyclic) bond motifs is 1. The maximum atomic E-state index is 12.5. The Morgan fingerprint density at radius 2 is 1.85 bits per heavy atom. The van der Waals surface area contributed by atoms with Crippen molar-refractivity contribution >= 4 is 40.0 Å². The molecule has 26 heavy (non-hydrogen) atoms. The first-order valence-electron chi connectivity index (χ1n) is 7.67. The number of ether oxygens (including phenoxy) is 1. The van der Waals surface area contributed by atoms with Crippen molar-refractivity contribution in [1.82, 2.24) is 10.3 Å². The van der Waals surface area contributed by atoms with E-state index in [4.69, 9.17) is 23.2 Å². The van der Waals surface area contributed by atoms with Crippen molar-refractivity contribution in [2.24, 2.45) is 0 Å². The second kappa shape index (κ2) is 7.51. The number of hydrogen-bond acceptors (Lipinski definition) is 2. The van der Waals surface area contributed by atoms with Gasteiger partial charge in [-0.1, -0.05) is 35.3 Å². The normalized spacial score (nSPS) is 12.4. The first kappa shape index (κ1) is 18.5. The van der Waals surface area contributed by atoms with E-state index in [1.54, 1.807) is 37.3 Å². The molecule has 4 nitrogen and oxygen atoms in total. The molecule has 0 saturated carbocycles. The lowest BCUT2D eigenvalue weighted by Crippen LogP contribution is -2.27. The predicted molar refractivity (Wildman–Crippen MR) is 97.3 cm³/mol. The summed E-state index contributed by atoms with van der Waals surface area (Å²) in [7, 11) is 0. The predicted octanol–water partition coefficient (Wildman–Crippen LogP) is 5.57. The van der Waals surface area contributed by atoms with Gasteiger partial charge < -0.3 is 15.0 Å². The van der Waals surface area contributed by atoms with Gasteiger partial charge in [-0.2, -0.15) is 8.78 Å². The number of nitrogens with one attached hydrogen (secondary N) is 2. The molecule has 1 amide bonds. The van der Waals surface area contributed by atoms with E-state index in [9.17, 15) is 13.6 Å². The quantitative estimate of drug-likeness (QED) is 0.590. The number of hydrogen-bond donors (Lipinski definition) is 2. The molecule has 2 N–H and O–H groups in total. The van der Waals surface area contributed by atoms with Gasteiger partial charge in [0.15, 0.2) is 0 Å². The van der Waals surface area contributed by atoms with E-state index < -0.39 is 6.61 Å². The molecule has 0 aliphatic rings. The highest BCUT2D eigenvalue weighted by Gasteiger charge is 2.19. The Bertz CT molecular complexity index is 942. The van der Waals surface area contributed by atoms with E-state index in [1.165, 1.54) is 12.1 Å². The standard InChI is InChI=1S/C18H14Cl2F2N2O2/c1-9(10-2-5-12(6-3-10)26-18(21)22)23-17(25)16-15(20)13-8-11(19)4-7-14(13)24-16/h2-9,18,24H,1H3,(H,23,25). The van der Waals surface area contributed by atoms with Crippen molar-refractivity contribution in [1.29, 1.82) is 0 Å². The monoisotopic (exact) mass is 398 g/mol. The summed E-state index contributed by atoms with van der Waals surface area (Å²) in [5, 5.41) is 4.27. The molecule has 3 rings (SSSR count).